The summed E-state index contributed by atoms with van der Waals surface area (Å²) in [5, 5.41) is 2.68. The van der Waals surface area contributed by atoms with Crippen LogP contribution in [0.2, 0.25) is 0 Å². The molecule has 0 aliphatic rings. The number of carbonyl (C=O) groups excluding carboxylic acids is 1. The van der Waals surface area contributed by atoms with E-state index < -0.39 is 0 Å². The molecule has 0 aliphatic carbocycles. The van der Waals surface area contributed by atoms with Crippen molar-refractivity contribution in [1.29, 1.82) is 0 Å². The second-order valence-electron chi connectivity index (χ2n) is 5.40. The molecule has 4 heteroatoms. The van der Waals surface area contributed by atoms with E-state index in [2.05, 4.69) is 17.2 Å². The van der Waals surface area contributed by atoms with Crippen molar-refractivity contribution in [3.63, 3.8) is 0 Å². The van der Waals surface area contributed by atoms with Gasteiger partial charge in [0.25, 0.3) is 5.91 Å². The van der Waals surface area contributed by atoms with Crippen LogP contribution >= 0.6 is 0 Å². The van der Waals surface area contributed by atoms with Crippen LogP contribution in [0.25, 0.3) is 0 Å². The molecule has 0 aromatic heterocycles. The number of nitrogens with one attached hydrogen (secondary N) is 1. The van der Waals surface area contributed by atoms with Gasteiger partial charge in [-0.25, -0.2) is 4.39 Å². The normalized spacial score (nSPS) is 9.73. The fraction of sp³-hybridized carbons (Fsp3) is 0.0455. The quantitative estimate of drug-likeness (QED) is 0.712. The molecular formula is C22H16FNO2. The summed E-state index contributed by atoms with van der Waals surface area (Å²) in [4.78, 5) is 12.1. The molecule has 1 amide bonds. The predicted octanol–water partition coefficient (Wildman–Crippen LogP) is 4.40. The van der Waals surface area contributed by atoms with E-state index >= 15 is 0 Å². The van der Waals surface area contributed by atoms with E-state index in [4.69, 9.17) is 4.74 Å². The highest BCUT2D eigenvalue weighted by molar-refractivity contribution is 5.94. The summed E-state index contributed by atoms with van der Waals surface area (Å²) < 4.78 is 19.1. The molecule has 128 valence electrons. The molecule has 0 bridgehead atoms. The van der Waals surface area contributed by atoms with Gasteiger partial charge >= 0.3 is 0 Å². The minimum Gasteiger partial charge on any atom is -0.457 e. The first-order chi connectivity index (χ1) is 12.7. The van der Waals surface area contributed by atoms with Crippen molar-refractivity contribution in [1.82, 2.24) is 5.32 Å². The van der Waals surface area contributed by atoms with E-state index in [1.54, 1.807) is 42.5 Å². The molecule has 0 atom stereocenters. The molecule has 0 aliphatic heterocycles. The maximum Gasteiger partial charge on any atom is 0.252 e. The molecular weight excluding hydrogens is 329 g/mol. The number of benzene rings is 3. The Labute approximate surface area is 151 Å². The van der Waals surface area contributed by atoms with E-state index in [1.807, 2.05) is 30.3 Å². The minimum absolute atomic E-state index is 0.134. The Morgan fingerprint density at radius 3 is 2.27 bits per heavy atom. The molecule has 0 fully saturated rings. The molecule has 3 aromatic rings. The zero-order valence-corrected chi connectivity index (χ0v) is 13.9. The largest absolute Gasteiger partial charge is 0.457 e. The third kappa shape index (κ3) is 4.71. The number of amides is 1. The second kappa shape index (κ2) is 8.50. The summed E-state index contributed by atoms with van der Waals surface area (Å²) in [5.41, 5.74) is 0.808. The van der Waals surface area contributed by atoms with E-state index in [1.165, 1.54) is 6.07 Å². The Bertz CT molecular complexity index is 941. The topological polar surface area (TPSA) is 38.3 Å². The van der Waals surface area contributed by atoms with E-state index in [-0.39, 0.29) is 18.3 Å². The number of hydrogen-bond acceptors (Lipinski definition) is 2. The van der Waals surface area contributed by atoms with Crippen LogP contribution in [0.15, 0.2) is 78.9 Å². The third-order valence-corrected chi connectivity index (χ3v) is 3.53. The predicted molar refractivity (Wildman–Crippen MR) is 98.6 cm³/mol. The van der Waals surface area contributed by atoms with Crippen molar-refractivity contribution in [3.05, 3.63) is 95.8 Å². The molecule has 3 rings (SSSR count). The lowest BCUT2D eigenvalue weighted by Gasteiger charge is -2.06. The minimum atomic E-state index is -0.375. The van der Waals surface area contributed by atoms with Crippen molar-refractivity contribution in [2.45, 2.75) is 0 Å². The van der Waals surface area contributed by atoms with E-state index in [0.29, 0.717) is 16.9 Å². The number of carbonyl (C=O) groups is 1. The van der Waals surface area contributed by atoms with Gasteiger partial charge in [-0.05, 0) is 48.5 Å². The van der Waals surface area contributed by atoms with Crippen molar-refractivity contribution >= 4 is 5.91 Å². The number of hydrogen-bond donors (Lipinski definition) is 1. The highest BCUT2D eigenvalue weighted by atomic mass is 19.1. The first kappa shape index (κ1) is 17.2. The number of rotatable bonds is 4. The fourth-order valence-corrected chi connectivity index (χ4v) is 2.23. The molecule has 3 nitrogen and oxygen atoms in total. The Kier molecular flexibility index (Phi) is 5.64. The van der Waals surface area contributed by atoms with Crippen LogP contribution in [0, 0.1) is 17.7 Å². The summed E-state index contributed by atoms with van der Waals surface area (Å²) in [6.07, 6.45) is 0. The van der Waals surface area contributed by atoms with Gasteiger partial charge in [0.05, 0.1) is 12.1 Å². The van der Waals surface area contributed by atoms with Crippen molar-refractivity contribution in [2.75, 3.05) is 6.54 Å². The number of para-hydroxylation sites is 1. The first-order valence-electron chi connectivity index (χ1n) is 8.07. The van der Waals surface area contributed by atoms with Gasteiger partial charge in [-0.3, -0.25) is 4.79 Å². The van der Waals surface area contributed by atoms with Crippen LogP contribution in [-0.2, 0) is 0 Å². The Balaban J connectivity index is 1.55. The molecule has 1 N–H and O–H groups in total. The zero-order valence-electron chi connectivity index (χ0n) is 13.9. The van der Waals surface area contributed by atoms with Gasteiger partial charge in [0.1, 0.15) is 17.3 Å². The van der Waals surface area contributed by atoms with Crippen molar-refractivity contribution in [3.8, 4) is 23.3 Å². The summed E-state index contributed by atoms with van der Waals surface area (Å²) in [6, 6.07) is 22.5. The molecule has 0 spiro atoms. The van der Waals surface area contributed by atoms with Crippen LogP contribution < -0.4 is 10.1 Å². The number of halogens is 1. The lowest BCUT2D eigenvalue weighted by molar-refractivity contribution is 0.0958. The lowest BCUT2D eigenvalue weighted by Crippen LogP contribution is -2.23. The lowest BCUT2D eigenvalue weighted by atomic mass is 10.2. The third-order valence-electron chi connectivity index (χ3n) is 3.53. The SMILES string of the molecule is O=C(NCC#Cc1ccccc1F)c1ccc(Oc2ccccc2)cc1. The van der Waals surface area contributed by atoms with Crippen LogP contribution in [-0.4, -0.2) is 12.5 Å². The zero-order chi connectivity index (χ0) is 18.2. The van der Waals surface area contributed by atoms with Gasteiger partial charge < -0.3 is 10.1 Å². The first-order valence-corrected chi connectivity index (χ1v) is 8.07. The van der Waals surface area contributed by atoms with Gasteiger partial charge in [-0.2, -0.15) is 0 Å². The summed E-state index contributed by atoms with van der Waals surface area (Å²) in [6.45, 7) is 0.134. The standard InChI is InChI=1S/C22H16FNO2/c23-21-11-5-4-7-17(21)8-6-16-24-22(25)18-12-14-20(15-13-18)26-19-9-2-1-3-10-19/h1-5,7,9-15H,16H2,(H,24,25). The van der Waals surface area contributed by atoms with Gasteiger partial charge in [-0.1, -0.05) is 42.2 Å². The van der Waals surface area contributed by atoms with Gasteiger partial charge in [0.15, 0.2) is 0 Å². The van der Waals surface area contributed by atoms with Crippen LogP contribution in [0.5, 0.6) is 11.5 Å². The van der Waals surface area contributed by atoms with Crippen LogP contribution in [0.4, 0.5) is 4.39 Å². The van der Waals surface area contributed by atoms with Gasteiger partial charge in [0.2, 0.25) is 0 Å². The highest BCUT2D eigenvalue weighted by Crippen LogP contribution is 2.21. The molecule has 0 saturated carbocycles. The van der Waals surface area contributed by atoms with E-state index in [0.717, 1.165) is 5.75 Å². The summed E-state index contributed by atoms with van der Waals surface area (Å²) in [5.74, 6) is 6.19. The number of ether oxygens (including phenoxy) is 1. The van der Waals surface area contributed by atoms with Crippen molar-refractivity contribution in [2.24, 2.45) is 0 Å². The van der Waals surface area contributed by atoms with Gasteiger partial charge in [-0.15, -0.1) is 0 Å². The molecule has 3 aromatic carbocycles. The smallest absolute Gasteiger partial charge is 0.252 e. The summed E-state index contributed by atoms with van der Waals surface area (Å²) >= 11 is 0. The van der Waals surface area contributed by atoms with E-state index in [9.17, 15) is 9.18 Å². The highest BCUT2D eigenvalue weighted by Gasteiger charge is 2.05. The second-order valence-corrected chi connectivity index (χ2v) is 5.40. The Morgan fingerprint density at radius 1 is 0.885 bits per heavy atom. The average Bonchev–Trinajstić information content (AvgIpc) is 2.68. The summed E-state index contributed by atoms with van der Waals surface area (Å²) in [7, 11) is 0. The maximum atomic E-state index is 13.4. The maximum absolute atomic E-state index is 13.4. The molecule has 0 heterocycles. The average molecular weight is 345 g/mol. The molecule has 0 saturated heterocycles. The molecule has 0 radical (unpaired) electrons. The Hall–Kier alpha value is -3.58. The fourth-order valence-electron chi connectivity index (χ4n) is 2.23. The van der Waals surface area contributed by atoms with Gasteiger partial charge in [0, 0.05) is 5.56 Å². The van der Waals surface area contributed by atoms with Crippen molar-refractivity contribution < 1.29 is 13.9 Å². The molecule has 26 heavy (non-hydrogen) atoms. The Morgan fingerprint density at radius 2 is 1.54 bits per heavy atom. The molecule has 0 unspecified atom stereocenters. The van der Waals surface area contributed by atoms with Crippen LogP contribution in [0.1, 0.15) is 15.9 Å². The van der Waals surface area contributed by atoms with Crippen LogP contribution in [0.3, 0.4) is 0 Å². The monoisotopic (exact) mass is 345 g/mol.